The number of hydrogen-bond acceptors (Lipinski definition) is 2. The van der Waals surface area contributed by atoms with Crippen LogP contribution in [0.2, 0.25) is 0 Å². The molecule has 0 heterocycles. The Labute approximate surface area is 132 Å². The van der Waals surface area contributed by atoms with E-state index >= 15 is 0 Å². The fourth-order valence-corrected chi connectivity index (χ4v) is 2.84. The molecule has 0 aromatic heterocycles. The van der Waals surface area contributed by atoms with Gasteiger partial charge in [0.05, 0.1) is 0 Å². The summed E-state index contributed by atoms with van der Waals surface area (Å²) in [6.45, 7) is 2.27. The topological polar surface area (TPSA) is 26.3 Å². The zero-order chi connectivity index (χ0) is 15.2. The van der Waals surface area contributed by atoms with E-state index in [2.05, 4.69) is 6.92 Å². The van der Waals surface area contributed by atoms with E-state index in [9.17, 15) is 4.79 Å². The monoisotopic (exact) mass is 296 g/mol. The van der Waals surface area contributed by atoms with Crippen LogP contribution in [0.25, 0.3) is 0 Å². The molecule has 0 bridgehead atoms. The lowest BCUT2D eigenvalue weighted by Crippen LogP contribution is -2.24. The SMILES string of the molecule is CCCCCCCCCCCCCCC(=O)OC1CCC1. The minimum absolute atomic E-state index is 0.0341. The first-order valence-electron chi connectivity index (χ1n) is 9.52. The third-order valence-corrected chi connectivity index (χ3v) is 4.58. The van der Waals surface area contributed by atoms with Gasteiger partial charge in [-0.05, 0) is 25.7 Å². The van der Waals surface area contributed by atoms with E-state index in [-0.39, 0.29) is 12.1 Å². The Morgan fingerprint density at radius 3 is 1.71 bits per heavy atom. The normalized spacial score (nSPS) is 14.9. The summed E-state index contributed by atoms with van der Waals surface area (Å²) < 4.78 is 5.35. The van der Waals surface area contributed by atoms with E-state index in [1.54, 1.807) is 0 Å². The van der Waals surface area contributed by atoms with Crippen LogP contribution in [0.5, 0.6) is 0 Å². The summed E-state index contributed by atoms with van der Waals surface area (Å²) >= 11 is 0. The number of ether oxygens (including phenoxy) is 1. The van der Waals surface area contributed by atoms with Crippen molar-refractivity contribution in [3.8, 4) is 0 Å². The smallest absolute Gasteiger partial charge is 0.306 e. The minimum atomic E-state index is 0.0341. The van der Waals surface area contributed by atoms with Crippen molar-refractivity contribution < 1.29 is 9.53 Å². The van der Waals surface area contributed by atoms with E-state index in [4.69, 9.17) is 4.74 Å². The third-order valence-electron chi connectivity index (χ3n) is 4.58. The van der Waals surface area contributed by atoms with Gasteiger partial charge >= 0.3 is 5.97 Å². The van der Waals surface area contributed by atoms with Crippen LogP contribution < -0.4 is 0 Å². The highest BCUT2D eigenvalue weighted by molar-refractivity contribution is 5.69. The molecule has 1 rings (SSSR count). The third kappa shape index (κ3) is 10.8. The molecule has 1 aliphatic carbocycles. The number of hydrogen-bond donors (Lipinski definition) is 0. The number of esters is 1. The van der Waals surface area contributed by atoms with Crippen molar-refractivity contribution in [1.29, 1.82) is 0 Å². The fraction of sp³-hybridized carbons (Fsp3) is 0.947. The Balaban J connectivity index is 1.71. The average molecular weight is 296 g/mol. The maximum Gasteiger partial charge on any atom is 0.306 e. The van der Waals surface area contributed by atoms with Crippen LogP contribution in [-0.2, 0) is 9.53 Å². The molecular formula is C19H36O2. The summed E-state index contributed by atoms with van der Waals surface area (Å²) in [7, 11) is 0. The summed E-state index contributed by atoms with van der Waals surface area (Å²) in [5.74, 6) is 0.0341. The Kier molecular flexibility index (Phi) is 11.6. The van der Waals surface area contributed by atoms with Gasteiger partial charge in [-0.1, -0.05) is 77.6 Å². The second kappa shape index (κ2) is 13.2. The summed E-state index contributed by atoms with van der Waals surface area (Å²) in [5.41, 5.74) is 0. The molecule has 1 saturated carbocycles. The molecule has 0 saturated heterocycles. The van der Waals surface area contributed by atoms with Gasteiger partial charge < -0.3 is 4.74 Å². The van der Waals surface area contributed by atoms with Gasteiger partial charge in [0.15, 0.2) is 0 Å². The van der Waals surface area contributed by atoms with Gasteiger partial charge in [0, 0.05) is 6.42 Å². The van der Waals surface area contributed by atoms with Crippen LogP contribution in [-0.4, -0.2) is 12.1 Å². The molecule has 0 aliphatic heterocycles. The van der Waals surface area contributed by atoms with Crippen molar-refractivity contribution in [2.75, 3.05) is 0 Å². The molecule has 0 unspecified atom stereocenters. The van der Waals surface area contributed by atoms with E-state index in [1.807, 2.05) is 0 Å². The van der Waals surface area contributed by atoms with Crippen molar-refractivity contribution in [3.63, 3.8) is 0 Å². The van der Waals surface area contributed by atoms with Crippen molar-refractivity contribution in [1.82, 2.24) is 0 Å². The maximum absolute atomic E-state index is 11.5. The second-order valence-electron chi connectivity index (χ2n) is 6.68. The van der Waals surface area contributed by atoms with Crippen LogP contribution in [0.4, 0.5) is 0 Å². The predicted molar refractivity (Wildman–Crippen MR) is 89.4 cm³/mol. The summed E-state index contributed by atoms with van der Waals surface area (Å²) in [5, 5.41) is 0. The van der Waals surface area contributed by atoms with Gasteiger partial charge in [-0.25, -0.2) is 0 Å². The number of unbranched alkanes of at least 4 members (excludes halogenated alkanes) is 11. The van der Waals surface area contributed by atoms with Gasteiger partial charge in [0.25, 0.3) is 0 Å². The molecule has 1 aliphatic rings. The van der Waals surface area contributed by atoms with Crippen molar-refractivity contribution in [3.05, 3.63) is 0 Å². The molecule has 0 atom stereocenters. The summed E-state index contributed by atoms with van der Waals surface area (Å²) in [6.07, 6.45) is 20.3. The van der Waals surface area contributed by atoms with Crippen LogP contribution in [0.3, 0.4) is 0 Å². The summed E-state index contributed by atoms with van der Waals surface area (Å²) in [4.78, 5) is 11.5. The second-order valence-corrected chi connectivity index (χ2v) is 6.68. The molecule has 2 nitrogen and oxygen atoms in total. The molecule has 0 aromatic rings. The first-order chi connectivity index (χ1) is 10.3. The van der Waals surface area contributed by atoms with Gasteiger partial charge in [-0.2, -0.15) is 0 Å². The van der Waals surface area contributed by atoms with E-state index in [0.29, 0.717) is 6.42 Å². The van der Waals surface area contributed by atoms with E-state index in [0.717, 1.165) is 19.3 Å². The van der Waals surface area contributed by atoms with Gasteiger partial charge in [0.1, 0.15) is 6.10 Å². The molecule has 0 amide bonds. The highest BCUT2D eigenvalue weighted by atomic mass is 16.5. The lowest BCUT2D eigenvalue weighted by Gasteiger charge is -2.25. The van der Waals surface area contributed by atoms with Crippen molar-refractivity contribution in [2.45, 2.75) is 116 Å². The molecule has 1 fully saturated rings. The number of rotatable bonds is 14. The van der Waals surface area contributed by atoms with Crippen LogP contribution in [0.1, 0.15) is 110 Å². The predicted octanol–water partition coefficient (Wildman–Crippen LogP) is 6.17. The van der Waals surface area contributed by atoms with Crippen molar-refractivity contribution >= 4 is 5.97 Å². The first kappa shape index (κ1) is 18.5. The van der Waals surface area contributed by atoms with Crippen molar-refractivity contribution in [2.24, 2.45) is 0 Å². The van der Waals surface area contributed by atoms with E-state index < -0.39 is 0 Å². The van der Waals surface area contributed by atoms with Gasteiger partial charge in [-0.3, -0.25) is 4.79 Å². The standard InChI is InChI=1S/C19H36O2/c1-2-3-4-5-6-7-8-9-10-11-12-13-17-19(20)21-18-15-14-16-18/h18H,2-17H2,1H3. The molecule has 124 valence electrons. The van der Waals surface area contributed by atoms with Gasteiger partial charge in [0.2, 0.25) is 0 Å². The zero-order valence-electron chi connectivity index (χ0n) is 14.2. The molecule has 21 heavy (non-hydrogen) atoms. The minimum Gasteiger partial charge on any atom is -0.462 e. The van der Waals surface area contributed by atoms with E-state index in [1.165, 1.54) is 77.0 Å². The maximum atomic E-state index is 11.5. The molecule has 0 N–H and O–H groups in total. The Hall–Kier alpha value is -0.530. The fourth-order valence-electron chi connectivity index (χ4n) is 2.84. The van der Waals surface area contributed by atoms with Crippen LogP contribution >= 0.6 is 0 Å². The quantitative estimate of drug-likeness (QED) is 0.283. The number of carbonyl (C=O) groups excluding carboxylic acids is 1. The summed E-state index contributed by atoms with van der Waals surface area (Å²) in [6, 6.07) is 0. The molecule has 0 spiro atoms. The largest absolute Gasteiger partial charge is 0.462 e. The van der Waals surface area contributed by atoms with Gasteiger partial charge in [-0.15, -0.1) is 0 Å². The average Bonchev–Trinajstić information content (AvgIpc) is 2.44. The highest BCUT2D eigenvalue weighted by Crippen LogP contribution is 2.22. The first-order valence-corrected chi connectivity index (χ1v) is 9.52. The molecule has 0 radical (unpaired) electrons. The molecule has 2 heteroatoms. The Bertz CT molecular complexity index is 246. The molecule has 0 aromatic carbocycles. The zero-order valence-corrected chi connectivity index (χ0v) is 14.2. The van der Waals surface area contributed by atoms with Crippen LogP contribution in [0.15, 0.2) is 0 Å². The highest BCUT2D eigenvalue weighted by Gasteiger charge is 2.21. The number of carbonyl (C=O) groups is 1. The Morgan fingerprint density at radius 2 is 1.29 bits per heavy atom. The lowest BCUT2D eigenvalue weighted by molar-refractivity contribution is -0.153. The Morgan fingerprint density at radius 1 is 0.810 bits per heavy atom. The lowest BCUT2D eigenvalue weighted by atomic mass is 9.96. The molecular weight excluding hydrogens is 260 g/mol. The van der Waals surface area contributed by atoms with Crippen LogP contribution in [0, 0.1) is 0 Å².